The van der Waals surface area contributed by atoms with Crippen LogP contribution in [0.4, 0.5) is 0 Å². The predicted octanol–water partition coefficient (Wildman–Crippen LogP) is 2.46. The van der Waals surface area contributed by atoms with Crippen molar-refractivity contribution < 1.29 is 4.74 Å². The van der Waals surface area contributed by atoms with E-state index in [1.165, 1.54) is 11.1 Å². The molecule has 0 aliphatic carbocycles. The lowest BCUT2D eigenvalue weighted by atomic mass is 10.2. The molecule has 0 fully saturated rings. The monoisotopic (exact) mass is 239 g/mol. The number of thioether (sulfide) groups is 1. The van der Waals surface area contributed by atoms with Crippen molar-refractivity contribution in [3.8, 4) is 0 Å². The third-order valence-corrected chi connectivity index (χ3v) is 3.62. The number of hydrogen-bond donors (Lipinski definition) is 1. The lowest BCUT2D eigenvalue weighted by Gasteiger charge is -2.14. The van der Waals surface area contributed by atoms with Crippen molar-refractivity contribution in [1.29, 1.82) is 0 Å². The molecule has 0 saturated carbocycles. The Morgan fingerprint density at radius 3 is 2.88 bits per heavy atom. The minimum atomic E-state index is 0.444. The zero-order valence-corrected chi connectivity index (χ0v) is 11.1. The maximum absolute atomic E-state index is 5.14. The highest BCUT2D eigenvalue weighted by molar-refractivity contribution is 7.98. The Morgan fingerprint density at radius 1 is 1.44 bits per heavy atom. The first-order valence-corrected chi connectivity index (χ1v) is 6.71. The van der Waals surface area contributed by atoms with Gasteiger partial charge in [0, 0.05) is 24.7 Å². The second-order valence-electron chi connectivity index (χ2n) is 3.95. The first-order chi connectivity index (χ1) is 7.76. The molecule has 1 N–H and O–H groups in total. The van der Waals surface area contributed by atoms with Gasteiger partial charge < -0.3 is 10.1 Å². The molecule has 3 heteroatoms. The summed E-state index contributed by atoms with van der Waals surface area (Å²) in [5.74, 6) is 2.15. The zero-order chi connectivity index (χ0) is 11.8. The second kappa shape index (κ2) is 7.71. The van der Waals surface area contributed by atoms with Crippen LogP contribution in [-0.2, 0) is 10.5 Å². The predicted molar refractivity (Wildman–Crippen MR) is 72.1 cm³/mol. The normalized spacial score (nSPS) is 12.7. The van der Waals surface area contributed by atoms with E-state index in [0.29, 0.717) is 6.04 Å². The van der Waals surface area contributed by atoms with Crippen LogP contribution in [0, 0.1) is 6.92 Å². The number of aryl methyl sites for hydroxylation is 1. The molecule has 1 aromatic rings. The average Bonchev–Trinajstić information content (AvgIpc) is 2.28. The smallest absolute Gasteiger partial charge is 0.0623 e. The number of benzene rings is 1. The van der Waals surface area contributed by atoms with E-state index >= 15 is 0 Å². The van der Waals surface area contributed by atoms with Crippen molar-refractivity contribution in [2.24, 2.45) is 0 Å². The maximum atomic E-state index is 5.14. The summed E-state index contributed by atoms with van der Waals surface area (Å²) >= 11 is 1.95. The van der Waals surface area contributed by atoms with E-state index in [1.54, 1.807) is 7.11 Å². The SMILES string of the molecule is CNC(COC)CSCc1cccc(C)c1. The summed E-state index contributed by atoms with van der Waals surface area (Å²) in [6.07, 6.45) is 0. The number of nitrogens with one attached hydrogen (secondary N) is 1. The van der Waals surface area contributed by atoms with Crippen molar-refractivity contribution in [1.82, 2.24) is 5.32 Å². The van der Waals surface area contributed by atoms with Gasteiger partial charge >= 0.3 is 0 Å². The van der Waals surface area contributed by atoms with Gasteiger partial charge in [-0.05, 0) is 19.5 Å². The van der Waals surface area contributed by atoms with Gasteiger partial charge in [0.1, 0.15) is 0 Å². The molecule has 0 amide bonds. The molecule has 1 atom stereocenters. The molecule has 2 nitrogen and oxygen atoms in total. The van der Waals surface area contributed by atoms with Gasteiger partial charge in [0.05, 0.1) is 6.61 Å². The molecular formula is C13H21NOS. The van der Waals surface area contributed by atoms with Crippen molar-refractivity contribution in [3.05, 3.63) is 35.4 Å². The highest BCUT2D eigenvalue weighted by Crippen LogP contribution is 2.14. The summed E-state index contributed by atoms with van der Waals surface area (Å²) in [5.41, 5.74) is 2.73. The second-order valence-corrected chi connectivity index (χ2v) is 4.98. The van der Waals surface area contributed by atoms with Crippen LogP contribution >= 0.6 is 11.8 Å². The van der Waals surface area contributed by atoms with Gasteiger partial charge in [-0.15, -0.1) is 0 Å². The third kappa shape index (κ3) is 5.01. The number of hydrogen-bond acceptors (Lipinski definition) is 3. The quantitative estimate of drug-likeness (QED) is 0.790. The van der Waals surface area contributed by atoms with E-state index in [0.717, 1.165) is 18.1 Å². The molecule has 0 aliphatic heterocycles. The Kier molecular flexibility index (Phi) is 6.53. The van der Waals surface area contributed by atoms with E-state index in [1.807, 2.05) is 18.8 Å². The van der Waals surface area contributed by atoms with Gasteiger partial charge in [0.15, 0.2) is 0 Å². The van der Waals surface area contributed by atoms with E-state index in [2.05, 4.69) is 36.5 Å². The summed E-state index contributed by atoms with van der Waals surface area (Å²) in [7, 11) is 3.73. The fourth-order valence-electron chi connectivity index (χ4n) is 1.54. The topological polar surface area (TPSA) is 21.3 Å². The van der Waals surface area contributed by atoms with Crippen LogP contribution in [0.15, 0.2) is 24.3 Å². The summed E-state index contributed by atoms with van der Waals surface area (Å²) in [6, 6.07) is 9.13. The van der Waals surface area contributed by atoms with Gasteiger partial charge in [0.2, 0.25) is 0 Å². The van der Waals surface area contributed by atoms with Gasteiger partial charge in [-0.25, -0.2) is 0 Å². The number of likely N-dealkylation sites (N-methyl/N-ethyl adjacent to an activating group) is 1. The average molecular weight is 239 g/mol. The van der Waals surface area contributed by atoms with Crippen molar-refractivity contribution in [2.45, 2.75) is 18.7 Å². The van der Waals surface area contributed by atoms with Gasteiger partial charge in [-0.2, -0.15) is 11.8 Å². The van der Waals surface area contributed by atoms with E-state index in [-0.39, 0.29) is 0 Å². The molecule has 0 aliphatic rings. The lowest BCUT2D eigenvalue weighted by molar-refractivity contribution is 0.177. The Hall–Kier alpha value is -0.510. The molecule has 1 rings (SSSR count). The molecule has 0 bridgehead atoms. The van der Waals surface area contributed by atoms with E-state index < -0.39 is 0 Å². The summed E-state index contributed by atoms with van der Waals surface area (Å²) in [4.78, 5) is 0. The summed E-state index contributed by atoms with van der Waals surface area (Å²) in [5, 5.41) is 3.25. The molecular weight excluding hydrogens is 218 g/mol. The molecule has 0 heterocycles. The highest BCUT2D eigenvalue weighted by Gasteiger charge is 2.05. The standard InChI is InChI=1S/C13H21NOS/c1-11-5-4-6-12(7-11)9-16-10-13(14-2)8-15-3/h4-7,13-14H,8-10H2,1-3H3. The zero-order valence-electron chi connectivity index (χ0n) is 10.3. The Bertz CT molecular complexity index is 304. The first kappa shape index (κ1) is 13.6. The van der Waals surface area contributed by atoms with Crippen molar-refractivity contribution in [3.63, 3.8) is 0 Å². The Morgan fingerprint density at radius 2 is 2.25 bits per heavy atom. The molecule has 0 aromatic heterocycles. The van der Waals surface area contributed by atoms with Crippen LogP contribution in [0.3, 0.4) is 0 Å². The number of ether oxygens (including phenoxy) is 1. The van der Waals surface area contributed by atoms with E-state index in [9.17, 15) is 0 Å². The largest absolute Gasteiger partial charge is 0.383 e. The van der Waals surface area contributed by atoms with Crippen LogP contribution in [0.2, 0.25) is 0 Å². The maximum Gasteiger partial charge on any atom is 0.0623 e. The molecule has 90 valence electrons. The van der Waals surface area contributed by atoms with Crippen LogP contribution in [0.5, 0.6) is 0 Å². The summed E-state index contributed by atoms with van der Waals surface area (Å²) in [6.45, 7) is 2.91. The highest BCUT2D eigenvalue weighted by atomic mass is 32.2. The number of rotatable bonds is 7. The fourth-order valence-corrected chi connectivity index (χ4v) is 2.62. The van der Waals surface area contributed by atoms with Crippen molar-refractivity contribution in [2.75, 3.05) is 26.5 Å². The summed E-state index contributed by atoms with van der Waals surface area (Å²) < 4.78 is 5.14. The minimum absolute atomic E-state index is 0.444. The first-order valence-electron chi connectivity index (χ1n) is 5.55. The van der Waals surface area contributed by atoms with Gasteiger partial charge in [-0.3, -0.25) is 0 Å². The van der Waals surface area contributed by atoms with E-state index in [4.69, 9.17) is 4.74 Å². The Labute approximate surface area is 103 Å². The number of methoxy groups -OCH3 is 1. The van der Waals surface area contributed by atoms with Crippen molar-refractivity contribution >= 4 is 11.8 Å². The lowest BCUT2D eigenvalue weighted by Crippen LogP contribution is -2.32. The molecule has 1 unspecified atom stereocenters. The van der Waals surface area contributed by atoms with Crippen LogP contribution in [-0.4, -0.2) is 32.6 Å². The molecule has 0 saturated heterocycles. The van der Waals surface area contributed by atoms with Gasteiger partial charge in [-0.1, -0.05) is 29.8 Å². The third-order valence-electron chi connectivity index (χ3n) is 2.45. The molecule has 16 heavy (non-hydrogen) atoms. The minimum Gasteiger partial charge on any atom is -0.383 e. The molecule has 0 spiro atoms. The molecule has 0 radical (unpaired) electrons. The Balaban J connectivity index is 2.29. The van der Waals surface area contributed by atoms with Crippen LogP contribution in [0.25, 0.3) is 0 Å². The van der Waals surface area contributed by atoms with Crippen LogP contribution < -0.4 is 5.32 Å². The molecule has 1 aromatic carbocycles. The van der Waals surface area contributed by atoms with Gasteiger partial charge in [0.25, 0.3) is 0 Å². The fraction of sp³-hybridized carbons (Fsp3) is 0.538. The van der Waals surface area contributed by atoms with Crippen LogP contribution in [0.1, 0.15) is 11.1 Å².